The van der Waals surface area contributed by atoms with Crippen molar-refractivity contribution in [3.63, 3.8) is 0 Å². The molecule has 1 atom stereocenters. The number of benzene rings is 2. The predicted octanol–water partition coefficient (Wildman–Crippen LogP) is 4.84. The van der Waals surface area contributed by atoms with Crippen molar-refractivity contribution < 1.29 is 9.59 Å². The minimum atomic E-state index is -0.290. The lowest BCUT2D eigenvalue weighted by atomic mass is 10.2. The molecule has 1 aliphatic rings. The SMILES string of the molecule is Cc1ccc(NC(=O)c2nnc(C3CCCN3C(=O)c3ccc(Br)cc3)s2)cc1. The predicted molar refractivity (Wildman–Crippen MR) is 116 cm³/mol. The second kappa shape index (κ2) is 8.42. The van der Waals surface area contributed by atoms with Crippen LogP contribution in [0.25, 0.3) is 0 Å². The topological polar surface area (TPSA) is 75.2 Å². The first-order valence-electron chi connectivity index (χ1n) is 9.29. The highest BCUT2D eigenvalue weighted by Gasteiger charge is 2.33. The number of rotatable bonds is 4. The van der Waals surface area contributed by atoms with E-state index in [4.69, 9.17) is 0 Å². The van der Waals surface area contributed by atoms with Gasteiger partial charge in [0.15, 0.2) is 0 Å². The number of hydrogen-bond acceptors (Lipinski definition) is 5. The number of carbonyl (C=O) groups is 2. The Hall–Kier alpha value is -2.58. The van der Waals surface area contributed by atoms with Crippen molar-refractivity contribution in [1.29, 1.82) is 0 Å². The number of anilines is 1. The van der Waals surface area contributed by atoms with Crippen molar-refractivity contribution in [3.8, 4) is 0 Å². The van der Waals surface area contributed by atoms with Crippen LogP contribution >= 0.6 is 27.3 Å². The third-order valence-corrected chi connectivity index (χ3v) is 6.39. The third-order valence-electron chi connectivity index (χ3n) is 4.83. The van der Waals surface area contributed by atoms with Gasteiger partial charge in [-0.15, -0.1) is 10.2 Å². The zero-order chi connectivity index (χ0) is 20.4. The summed E-state index contributed by atoms with van der Waals surface area (Å²) in [5.41, 5.74) is 2.48. The number of amides is 2. The van der Waals surface area contributed by atoms with Gasteiger partial charge in [-0.1, -0.05) is 45.0 Å². The number of nitrogens with zero attached hydrogens (tertiary/aromatic N) is 3. The summed E-state index contributed by atoms with van der Waals surface area (Å²) in [4.78, 5) is 27.3. The molecule has 0 spiro atoms. The lowest BCUT2D eigenvalue weighted by Gasteiger charge is -2.22. The normalized spacial score (nSPS) is 16.1. The summed E-state index contributed by atoms with van der Waals surface area (Å²) in [5, 5.41) is 12.1. The quantitative estimate of drug-likeness (QED) is 0.591. The molecule has 1 N–H and O–H groups in total. The van der Waals surface area contributed by atoms with Gasteiger partial charge in [-0.3, -0.25) is 9.59 Å². The van der Waals surface area contributed by atoms with Crippen molar-refractivity contribution >= 4 is 44.8 Å². The fourth-order valence-corrected chi connectivity index (χ4v) is 4.46. The average Bonchev–Trinajstić information content (AvgIpc) is 3.39. The van der Waals surface area contributed by atoms with E-state index in [1.807, 2.05) is 60.4 Å². The minimum absolute atomic E-state index is 0.0270. The molecule has 1 aliphatic heterocycles. The van der Waals surface area contributed by atoms with E-state index >= 15 is 0 Å². The summed E-state index contributed by atoms with van der Waals surface area (Å²) in [6, 6.07) is 14.8. The van der Waals surface area contributed by atoms with Gasteiger partial charge in [0.05, 0.1) is 6.04 Å². The Bertz CT molecular complexity index is 1030. The maximum Gasteiger partial charge on any atom is 0.286 e. The fraction of sp³-hybridized carbons (Fsp3) is 0.238. The highest BCUT2D eigenvalue weighted by Crippen LogP contribution is 2.35. The van der Waals surface area contributed by atoms with Crippen LogP contribution in [0.4, 0.5) is 5.69 Å². The first-order chi connectivity index (χ1) is 14.0. The Morgan fingerprint density at radius 1 is 1.10 bits per heavy atom. The van der Waals surface area contributed by atoms with Crippen LogP contribution in [0, 0.1) is 6.92 Å². The van der Waals surface area contributed by atoms with Crippen LogP contribution < -0.4 is 5.32 Å². The summed E-state index contributed by atoms with van der Waals surface area (Å²) in [6.45, 7) is 2.66. The van der Waals surface area contributed by atoms with Crippen LogP contribution in [0.3, 0.4) is 0 Å². The summed E-state index contributed by atoms with van der Waals surface area (Å²) < 4.78 is 0.931. The Kier molecular flexibility index (Phi) is 5.73. The van der Waals surface area contributed by atoms with Gasteiger partial charge < -0.3 is 10.2 Å². The zero-order valence-corrected chi connectivity index (χ0v) is 18.2. The number of halogens is 1. The minimum Gasteiger partial charge on any atom is -0.329 e. The zero-order valence-electron chi connectivity index (χ0n) is 15.8. The number of likely N-dealkylation sites (tertiary alicyclic amines) is 1. The van der Waals surface area contributed by atoms with Gasteiger partial charge in [-0.25, -0.2) is 0 Å². The Morgan fingerprint density at radius 2 is 1.83 bits per heavy atom. The van der Waals surface area contributed by atoms with Gasteiger partial charge in [0.25, 0.3) is 11.8 Å². The molecule has 4 rings (SSSR count). The smallest absolute Gasteiger partial charge is 0.286 e. The van der Waals surface area contributed by atoms with Crippen LogP contribution in [-0.4, -0.2) is 33.5 Å². The van der Waals surface area contributed by atoms with Crippen LogP contribution in [0.5, 0.6) is 0 Å². The molecule has 8 heteroatoms. The van der Waals surface area contributed by atoms with Crippen LogP contribution in [0.2, 0.25) is 0 Å². The maximum absolute atomic E-state index is 12.9. The van der Waals surface area contributed by atoms with E-state index in [0.29, 0.717) is 27.8 Å². The van der Waals surface area contributed by atoms with Crippen LogP contribution in [0.1, 0.15) is 49.6 Å². The highest BCUT2D eigenvalue weighted by atomic mass is 79.9. The van der Waals surface area contributed by atoms with Crippen molar-refractivity contribution in [2.75, 3.05) is 11.9 Å². The summed E-state index contributed by atoms with van der Waals surface area (Å²) in [7, 11) is 0. The maximum atomic E-state index is 12.9. The summed E-state index contributed by atoms with van der Waals surface area (Å²) in [6.07, 6.45) is 1.72. The molecule has 2 amide bonds. The van der Waals surface area contributed by atoms with Crippen molar-refractivity contribution in [1.82, 2.24) is 15.1 Å². The first-order valence-corrected chi connectivity index (χ1v) is 10.9. The van der Waals surface area contributed by atoms with E-state index in [0.717, 1.165) is 22.9 Å². The molecule has 3 aromatic rings. The standard InChI is InChI=1S/C21H19BrN4O2S/c1-13-4-10-16(11-5-13)23-18(27)20-25-24-19(29-20)17-3-2-12-26(17)21(28)14-6-8-15(22)9-7-14/h4-11,17H,2-3,12H2,1H3,(H,23,27). The molecule has 0 aliphatic carbocycles. The molecule has 1 saturated heterocycles. The van der Waals surface area contributed by atoms with Crippen LogP contribution in [0.15, 0.2) is 53.0 Å². The molecule has 1 unspecified atom stereocenters. The molecule has 148 valence electrons. The van der Waals surface area contributed by atoms with Crippen molar-refractivity contribution in [3.05, 3.63) is 74.1 Å². The first kappa shape index (κ1) is 19.7. The Balaban J connectivity index is 1.49. The lowest BCUT2D eigenvalue weighted by molar-refractivity contribution is 0.0735. The molecule has 1 fully saturated rings. The van der Waals surface area contributed by atoms with Gasteiger partial charge in [-0.2, -0.15) is 0 Å². The number of carbonyl (C=O) groups excluding carboxylic acids is 2. The third kappa shape index (κ3) is 4.38. The van der Waals surface area contributed by atoms with Crippen LogP contribution in [-0.2, 0) is 0 Å². The van der Waals surface area contributed by atoms with E-state index in [-0.39, 0.29) is 17.9 Å². The molecule has 1 aromatic heterocycles. The second-order valence-corrected chi connectivity index (χ2v) is 8.85. The van der Waals surface area contributed by atoms with E-state index in [9.17, 15) is 9.59 Å². The van der Waals surface area contributed by atoms with E-state index in [1.165, 1.54) is 11.3 Å². The van der Waals surface area contributed by atoms with Gasteiger partial charge >= 0.3 is 0 Å². The molecular formula is C21H19BrN4O2S. The monoisotopic (exact) mass is 470 g/mol. The Labute approximate surface area is 181 Å². The molecular weight excluding hydrogens is 452 g/mol. The van der Waals surface area contributed by atoms with Gasteiger partial charge in [0, 0.05) is 22.3 Å². The molecule has 0 saturated carbocycles. The summed E-state index contributed by atoms with van der Waals surface area (Å²) >= 11 is 4.63. The van der Waals surface area contributed by atoms with Crippen molar-refractivity contribution in [2.45, 2.75) is 25.8 Å². The molecule has 0 radical (unpaired) electrons. The molecule has 2 aromatic carbocycles. The van der Waals surface area contributed by atoms with Gasteiger partial charge in [0.2, 0.25) is 5.01 Å². The van der Waals surface area contributed by atoms with E-state index < -0.39 is 0 Å². The molecule has 2 heterocycles. The second-order valence-electron chi connectivity index (χ2n) is 6.93. The van der Waals surface area contributed by atoms with Gasteiger partial charge in [-0.05, 0) is 56.2 Å². The van der Waals surface area contributed by atoms with Crippen molar-refractivity contribution in [2.24, 2.45) is 0 Å². The number of hydrogen-bond donors (Lipinski definition) is 1. The van der Waals surface area contributed by atoms with Gasteiger partial charge in [0.1, 0.15) is 5.01 Å². The Morgan fingerprint density at radius 3 is 2.55 bits per heavy atom. The molecule has 6 nitrogen and oxygen atoms in total. The number of aromatic nitrogens is 2. The molecule has 29 heavy (non-hydrogen) atoms. The molecule has 0 bridgehead atoms. The lowest BCUT2D eigenvalue weighted by Crippen LogP contribution is -2.30. The highest BCUT2D eigenvalue weighted by molar-refractivity contribution is 9.10. The largest absolute Gasteiger partial charge is 0.329 e. The van der Waals surface area contributed by atoms with E-state index in [1.54, 1.807) is 0 Å². The number of aryl methyl sites for hydroxylation is 1. The number of nitrogens with one attached hydrogen (secondary N) is 1. The fourth-order valence-electron chi connectivity index (χ4n) is 3.31. The summed E-state index contributed by atoms with van der Waals surface area (Å²) in [5.74, 6) is -0.317. The average molecular weight is 471 g/mol. The van der Waals surface area contributed by atoms with E-state index in [2.05, 4.69) is 31.4 Å².